The first-order valence-corrected chi connectivity index (χ1v) is 9.25. The smallest absolute Gasteiger partial charge is 0.240 e. The monoisotopic (exact) mass is 320 g/mol. The van der Waals surface area contributed by atoms with Crippen molar-refractivity contribution in [1.82, 2.24) is 10.0 Å². The molecule has 0 aliphatic carbocycles. The van der Waals surface area contributed by atoms with Crippen LogP contribution in [0.15, 0.2) is 23.1 Å². The molecule has 4 nitrogen and oxygen atoms in total. The van der Waals surface area contributed by atoms with Gasteiger partial charge in [0.25, 0.3) is 0 Å². The number of hydrogen-bond donors (Lipinski definition) is 2. The second-order valence-corrected chi connectivity index (χ2v) is 7.43. The molecule has 0 bridgehead atoms. The van der Waals surface area contributed by atoms with Crippen LogP contribution in [-0.4, -0.2) is 33.0 Å². The van der Waals surface area contributed by atoms with Gasteiger partial charge in [0.2, 0.25) is 10.0 Å². The number of sulfonamides is 1. The number of benzene rings is 1. The number of hydrogen-bond acceptors (Lipinski definition) is 4. The fraction of sp³-hybridized carbons (Fsp3) is 0.538. The number of halogens is 1. The van der Waals surface area contributed by atoms with Crippen molar-refractivity contribution in [2.75, 3.05) is 18.6 Å². The third kappa shape index (κ3) is 5.40. The van der Waals surface area contributed by atoms with E-state index in [0.29, 0.717) is 24.4 Å². The van der Waals surface area contributed by atoms with Crippen LogP contribution in [0, 0.1) is 5.82 Å². The van der Waals surface area contributed by atoms with Crippen LogP contribution in [0.4, 0.5) is 4.39 Å². The lowest BCUT2D eigenvalue weighted by atomic mass is 10.2. The molecular weight excluding hydrogens is 299 g/mol. The van der Waals surface area contributed by atoms with Crippen LogP contribution in [0.3, 0.4) is 0 Å². The molecule has 0 amide bonds. The van der Waals surface area contributed by atoms with Gasteiger partial charge in [-0.05, 0) is 24.5 Å². The lowest BCUT2D eigenvalue weighted by Crippen LogP contribution is -2.27. The van der Waals surface area contributed by atoms with E-state index >= 15 is 0 Å². The van der Waals surface area contributed by atoms with E-state index in [1.807, 2.05) is 20.1 Å². The Kier molecular flexibility index (Phi) is 6.94. The highest BCUT2D eigenvalue weighted by molar-refractivity contribution is 7.98. The van der Waals surface area contributed by atoms with E-state index in [2.05, 4.69) is 10.0 Å². The Morgan fingerprint density at radius 3 is 2.65 bits per heavy atom. The van der Waals surface area contributed by atoms with Crippen LogP contribution in [0.5, 0.6) is 0 Å². The fourth-order valence-corrected chi connectivity index (χ4v) is 3.05. The van der Waals surface area contributed by atoms with Crippen LogP contribution in [-0.2, 0) is 16.6 Å². The van der Waals surface area contributed by atoms with Gasteiger partial charge < -0.3 is 5.32 Å². The molecule has 0 saturated carbocycles. The predicted octanol–water partition coefficient (Wildman–Crippen LogP) is 1.97. The summed E-state index contributed by atoms with van der Waals surface area (Å²) in [5.74, 6) is 0.295. The summed E-state index contributed by atoms with van der Waals surface area (Å²) in [4.78, 5) is 0.0977. The first kappa shape index (κ1) is 17.4. The molecule has 0 unspecified atom stereocenters. The molecule has 0 atom stereocenters. The maximum absolute atomic E-state index is 13.7. The summed E-state index contributed by atoms with van der Waals surface area (Å²) in [5, 5.41) is 3.08. The van der Waals surface area contributed by atoms with Crippen LogP contribution in [0.1, 0.15) is 19.4 Å². The average molecular weight is 320 g/mol. The quantitative estimate of drug-likeness (QED) is 0.719. The molecule has 0 heterocycles. The minimum Gasteiger partial charge on any atom is -0.310 e. The van der Waals surface area contributed by atoms with E-state index in [4.69, 9.17) is 0 Å². The summed E-state index contributed by atoms with van der Waals surface area (Å²) in [6.45, 7) is 4.56. The van der Waals surface area contributed by atoms with Crippen LogP contribution in [0.2, 0.25) is 0 Å². The Bertz CT molecular complexity index is 533. The Hall–Kier alpha value is -0.630. The number of rotatable bonds is 8. The van der Waals surface area contributed by atoms with E-state index < -0.39 is 15.8 Å². The van der Waals surface area contributed by atoms with E-state index in [-0.39, 0.29) is 10.9 Å². The second kappa shape index (κ2) is 7.97. The van der Waals surface area contributed by atoms with Gasteiger partial charge in [0.05, 0.1) is 4.90 Å². The SMILES string of the molecule is CSCCNS(=O)(=O)c1ccc(F)c(CNC(C)C)c1. The zero-order chi connectivity index (χ0) is 15.2. The van der Waals surface area contributed by atoms with Gasteiger partial charge in [-0.25, -0.2) is 17.5 Å². The Balaban J connectivity index is 2.87. The second-order valence-electron chi connectivity index (χ2n) is 4.68. The molecule has 0 radical (unpaired) electrons. The molecule has 0 aliphatic heterocycles. The van der Waals surface area contributed by atoms with E-state index in [1.165, 1.54) is 18.2 Å². The Morgan fingerprint density at radius 1 is 1.35 bits per heavy atom. The van der Waals surface area contributed by atoms with Crippen molar-refractivity contribution < 1.29 is 12.8 Å². The van der Waals surface area contributed by atoms with Gasteiger partial charge in [-0.1, -0.05) is 13.8 Å². The van der Waals surface area contributed by atoms with Crippen molar-refractivity contribution in [2.24, 2.45) is 0 Å². The fourth-order valence-electron chi connectivity index (χ4n) is 1.53. The highest BCUT2D eigenvalue weighted by Crippen LogP contribution is 2.15. The van der Waals surface area contributed by atoms with Crippen molar-refractivity contribution in [1.29, 1.82) is 0 Å². The Morgan fingerprint density at radius 2 is 2.05 bits per heavy atom. The van der Waals surface area contributed by atoms with E-state index in [1.54, 1.807) is 11.8 Å². The molecule has 0 spiro atoms. The summed E-state index contributed by atoms with van der Waals surface area (Å²) in [7, 11) is -3.57. The third-order valence-electron chi connectivity index (χ3n) is 2.63. The molecule has 20 heavy (non-hydrogen) atoms. The lowest BCUT2D eigenvalue weighted by Gasteiger charge is -2.11. The molecular formula is C13H21FN2O2S2. The Labute approximate surface area is 124 Å². The van der Waals surface area contributed by atoms with Gasteiger partial charge in [0.15, 0.2) is 0 Å². The first-order valence-electron chi connectivity index (χ1n) is 6.37. The molecule has 1 aromatic rings. The molecule has 114 valence electrons. The highest BCUT2D eigenvalue weighted by Gasteiger charge is 2.15. The van der Waals surface area contributed by atoms with Crippen molar-refractivity contribution in [3.05, 3.63) is 29.6 Å². The van der Waals surface area contributed by atoms with Crippen molar-refractivity contribution in [3.63, 3.8) is 0 Å². The molecule has 1 aromatic carbocycles. The zero-order valence-corrected chi connectivity index (χ0v) is 13.6. The number of nitrogens with one attached hydrogen (secondary N) is 2. The van der Waals surface area contributed by atoms with Gasteiger partial charge in [-0.2, -0.15) is 11.8 Å². The van der Waals surface area contributed by atoms with Gasteiger partial charge >= 0.3 is 0 Å². The molecule has 0 saturated heterocycles. The van der Waals surface area contributed by atoms with Crippen molar-refractivity contribution in [2.45, 2.75) is 31.3 Å². The summed E-state index contributed by atoms with van der Waals surface area (Å²) in [6.07, 6.45) is 1.90. The normalized spacial score (nSPS) is 12.1. The molecule has 0 aliphatic rings. The molecule has 7 heteroatoms. The lowest BCUT2D eigenvalue weighted by molar-refractivity contribution is 0.550. The van der Waals surface area contributed by atoms with Crippen LogP contribution >= 0.6 is 11.8 Å². The van der Waals surface area contributed by atoms with Crippen LogP contribution < -0.4 is 10.0 Å². The molecule has 0 aromatic heterocycles. The summed E-state index contributed by atoms with van der Waals surface area (Å²) in [5.41, 5.74) is 0.353. The maximum Gasteiger partial charge on any atom is 0.240 e. The van der Waals surface area contributed by atoms with Gasteiger partial charge in [-0.15, -0.1) is 0 Å². The topological polar surface area (TPSA) is 58.2 Å². The van der Waals surface area contributed by atoms with Gasteiger partial charge in [-0.3, -0.25) is 0 Å². The standard InChI is InChI=1S/C13H21FN2O2S2/c1-10(2)15-9-11-8-12(4-5-13(11)14)20(17,18)16-6-7-19-3/h4-5,8,10,15-16H,6-7,9H2,1-3H3. The zero-order valence-electron chi connectivity index (χ0n) is 11.9. The summed E-state index contributed by atoms with van der Waals surface area (Å²) < 4.78 is 40.2. The molecule has 2 N–H and O–H groups in total. The minimum absolute atomic E-state index is 0.0977. The van der Waals surface area contributed by atoms with Crippen LogP contribution in [0.25, 0.3) is 0 Å². The molecule has 1 rings (SSSR count). The van der Waals surface area contributed by atoms with Crippen molar-refractivity contribution >= 4 is 21.8 Å². The average Bonchev–Trinajstić information content (AvgIpc) is 2.37. The third-order valence-corrected chi connectivity index (χ3v) is 4.70. The van der Waals surface area contributed by atoms with E-state index in [9.17, 15) is 12.8 Å². The predicted molar refractivity (Wildman–Crippen MR) is 81.9 cm³/mol. The number of thioether (sulfide) groups is 1. The first-order chi connectivity index (χ1) is 9.36. The summed E-state index contributed by atoms with van der Waals surface area (Å²) in [6, 6.07) is 4.07. The maximum atomic E-state index is 13.7. The van der Waals surface area contributed by atoms with Gasteiger partial charge in [0.1, 0.15) is 5.82 Å². The van der Waals surface area contributed by atoms with E-state index in [0.717, 1.165) is 0 Å². The minimum atomic E-state index is -3.57. The molecule has 0 fully saturated rings. The summed E-state index contributed by atoms with van der Waals surface area (Å²) >= 11 is 1.56. The van der Waals surface area contributed by atoms with Crippen molar-refractivity contribution in [3.8, 4) is 0 Å². The largest absolute Gasteiger partial charge is 0.310 e. The highest BCUT2D eigenvalue weighted by atomic mass is 32.2. The van der Waals surface area contributed by atoms with Gasteiger partial charge in [0, 0.05) is 30.4 Å².